The molecule has 0 atom stereocenters. The minimum Gasteiger partial charge on any atom is -0.310 e. The molecule has 1 amide bonds. The van der Waals surface area contributed by atoms with E-state index in [1.54, 1.807) is 39.9 Å². The van der Waals surface area contributed by atoms with Crippen molar-refractivity contribution in [3.63, 3.8) is 0 Å². The summed E-state index contributed by atoms with van der Waals surface area (Å²) in [5, 5.41) is 7.42. The van der Waals surface area contributed by atoms with Crippen LogP contribution in [0.3, 0.4) is 0 Å². The third kappa shape index (κ3) is 4.36. The van der Waals surface area contributed by atoms with Crippen molar-refractivity contribution in [1.29, 1.82) is 0 Å². The van der Waals surface area contributed by atoms with Gasteiger partial charge in [0.15, 0.2) is 5.16 Å². The van der Waals surface area contributed by atoms with Crippen LogP contribution >= 0.6 is 34.9 Å². The van der Waals surface area contributed by atoms with Gasteiger partial charge in [-0.1, -0.05) is 30.0 Å². The Morgan fingerprint density at radius 2 is 2.00 bits per heavy atom. The molecule has 0 bridgehead atoms. The zero-order valence-corrected chi connectivity index (χ0v) is 19.3. The number of anilines is 1. The van der Waals surface area contributed by atoms with Crippen molar-refractivity contribution in [2.75, 3.05) is 16.8 Å². The highest BCUT2D eigenvalue weighted by atomic mass is 32.2. The second-order valence-corrected chi connectivity index (χ2v) is 9.85. The first-order chi connectivity index (χ1) is 15.7. The molecule has 32 heavy (non-hydrogen) atoms. The van der Waals surface area contributed by atoms with Crippen molar-refractivity contribution < 1.29 is 4.79 Å². The van der Waals surface area contributed by atoms with E-state index in [1.165, 1.54) is 11.8 Å². The lowest BCUT2D eigenvalue weighted by molar-refractivity contribution is -0.113. The van der Waals surface area contributed by atoms with Crippen molar-refractivity contribution in [3.05, 3.63) is 81.5 Å². The molecule has 6 nitrogen and oxygen atoms in total. The van der Waals surface area contributed by atoms with Crippen molar-refractivity contribution >= 4 is 46.6 Å². The number of thioether (sulfide) groups is 2. The largest absolute Gasteiger partial charge is 0.310 e. The number of carbonyl (C=O) groups excluding carboxylic acids is 1. The smallest absolute Gasteiger partial charge is 0.272 e. The molecule has 0 saturated carbocycles. The number of thiophene rings is 1. The van der Waals surface area contributed by atoms with Crippen LogP contribution in [0.5, 0.6) is 0 Å². The maximum atomic E-state index is 13.1. The van der Waals surface area contributed by atoms with Gasteiger partial charge >= 0.3 is 0 Å². The Balaban J connectivity index is 1.33. The lowest BCUT2D eigenvalue weighted by Crippen LogP contribution is -2.24. The molecule has 9 heteroatoms. The maximum Gasteiger partial charge on any atom is 0.272 e. The average molecular weight is 479 g/mol. The van der Waals surface area contributed by atoms with Crippen LogP contribution in [0.2, 0.25) is 0 Å². The Morgan fingerprint density at radius 3 is 2.75 bits per heavy atom. The predicted molar refractivity (Wildman–Crippen MR) is 131 cm³/mol. The molecule has 1 N–H and O–H groups in total. The average Bonchev–Trinajstić information content (AvgIpc) is 3.51. The number of carbonyl (C=O) groups is 1. The number of aryl methyl sites for hydroxylation is 1. The molecule has 0 fully saturated rings. The summed E-state index contributed by atoms with van der Waals surface area (Å²) in [6.07, 6.45) is 2.52. The van der Waals surface area contributed by atoms with Gasteiger partial charge in [0.1, 0.15) is 5.82 Å². The Bertz CT molecular complexity index is 1300. The summed E-state index contributed by atoms with van der Waals surface area (Å²) in [5.74, 6) is 1.27. The summed E-state index contributed by atoms with van der Waals surface area (Å²) in [7, 11) is 0. The molecule has 1 aromatic carbocycles. The number of para-hydroxylation sites is 1. The summed E-state index contributed by atoms with van der Waals surface area (Å²) in [4.78, 5) is 35.5. The van der Waals surface area contributed by atoms with E-state index in [1.807, 2.05) is 47.8 Å². The van der Waals surface area contributed by atoms with E-state index in [4.69, 9.17) is 4.98 Å². The Kier molecular flexibility index (Phi) is 6.11. The summed E-state index contributed by atoms with van der Waals surface area (Å²) < 4.78 is 1.60. The van der Waals surface area contributed by atoms with Crippen molar-refractivity contribution in [3.8, 4) is 16.8 Å². The highest BCUT2D eigenvalue weighted by molar-refractivity contribution is 8.00. The minimum absolute atomic E-state index is 0.0720. The molecule has 1 aliphatic heterocycles. The fraction of sp³-hybridized carbons (Fsp3) is 0.130. The van der Waals surface area contributed by atoms with Gasteiger partial charge in [0.2, 0.25) is 5.91 Å². The Labute approximate surface area is 197 Å². The van der Waals surface area contributed by atoms with Gasteiger partial charge in [-0.05, 0) is 46.7 Å². The monoisotopic (exact) mass is 478 g/mol. The Morgan fingerprint density at radius 1 is 1.12 bits per heavy atom. The molecular weight excluding hydrogens is 460 g/mol. The van der Waals surface area contributed by atoms with Crippen LogP contribution in [-0.2, 0) is 11.2 Å². The fourth-order valence-electron chi connectivity index (χ4n) is 3.37. The first-order valence-electron chi connectivity index (χ1n) is 9.94. The number of pyridine rings is 1. The molecule has 0 unspecified atom stereocenters. The second kappa shape index (κ2) is 9.32. The molecule has 0 radical (unpaired) electrons. The number of benzene rings is 1. The van der Waals surface area contributed by atoms with Gasteiger partial charge in [0, 0.05) is 23.9 Å². The summed E-state index contributed by atoms with van der Waals surface area (Å²) in [5.41, 5.74) is 3.60. The lowest BCUT2D eigenvalue weighted by atomic mass is 10.1. The van der Waals surface area contributed by atoms with E-state index in [9.17, 15) is 9.59 Å². The zero-order valence-electron chi connectivity index (χ0n) is 16.9. The van der Waals surface area contributed by atoms with Crippen molar-refractivity contribution in [2.24, 2.45) is 0 Å². The van der Waals surface area contributed by atoms with Crippen LogP contribution in [0.15, 0.2) is 80.3 Å². The second-order valence-electron chi connectivity index (χ2n) is 7.03. The highest BCUT2D eigenvalue weighted by Crippen LogP contribution is 2.30. The van der Waals surface area contributed by atoms with Crippen LogP contribution in [0.1, 0.15) is 5.69 Å². The minimum atomic E-state index is -0.200. The standard InChI is InChI=1S/C23H18N4O2S3/c28-20(26-19-7-6-15(12-24-19)16-8-10-30-13-16)14-32-23-25-18-9-11-31-21(18)22(29)27(23)17-4-2-1-3-5-17/h1-8,10,12-13H,9,11,14H2,(H,24,26,28). The SMILES string of the molecule is O=C(CSc1nc2c(c(=O)n1-c1ccccc1)SCC2)Nc1ccc(-c2ccsc2)cn1. The number of aromatic nitrogens is 3. The number of fused-ring (bicyclic) bond motifs is 1. The van der Waals surface area contributed by atoms with E-state index < -0.39 is 0 Å². The first-order valence-corrected chi connectivity index (χ1v) is 12.9. The summed E-state index contributed by atoms with van der Waals surface area (Å²) in [6, 6.07) is 15.2. The molecule has 4 aromatic rings. The zero-order chi connectivity index (χ0) is 21.9. The number of hydrogen-bond acceptors (Lipinski definition) is 7. The van der Waals surface area contributed by atoms with Crippen molar-refractivity contribution in [2.45, 2.75) is 16.5 Å². The molecule has 0 saturated heterocycles. The summed E-state index contributed by atoms with van der Waals surface area (Å²) >= 11 is 4.43. The van der Waals surface area contributed by atoms with Crippen LogP contribution in [0.4, 0.5) is 5.82 Å². The van der Waals surface area contributed by atoms with Crippen molar-refractivity contribution in [1.82, 2.24) is 14.5 Å². The number of hydrogen-bond donors (Lipinski definition) is 1. The van der Waals surface area contributed by atoms with E-state index >= 15 is 0 Å². The van der Waals surface area contributed by atoms with Gasteiger partial charge in [0.05, 0.1) is 22.0 Å². The van der Waals surface area contributed by atoms with Crippen LogP contribution < -0.4 is 10.9 Å². The molecule has 4 heterocycles. The van der Waals surface area contributed by atoms with Gasteiger partial charge in [-0.15, -0.1) is 11.8 Å². The maximum absolute atomic E-state index is 13.1. The van der Waals surface area contributed by atoms with E-state index in [2.05, 4.69) is 15.7 Å². The molecule has 0 spiro atoms. The molecule has 160 valence electrons. The quantitative estimate of drug-likeness (QED) is 0.319. The third-order valence-electron chi connectivity index (χ3n) is 4.90. The van der Waals surface area contributed by atoms with Crippen LogP contribution in [0, 0.1) is 0 Å². The normalized spacial score (nSPS) is 12.5. The Hall–Kier alpha value is -2.88. The number of nitrogens with zero attached hydrogens (tertiary/aromatic N) is 3. The molecule has 5 rings (SSSR count). The van der Waals surface area contributed by atoms with E-state index in [0.29, 0.717) is 15.9 Å². The molecule has 3 aromatic heterocycles. The number of nitrogens with one attached hydrogen (secondary N) is 1. The van der Waals surface area contributed by atoms with Crippen LogP contribution in [-0.4, -0.2) is 31.9 Å². The molecule has 1 aliphatic rings. The lowest BCUT2D eigenvalue weighted by Gasteiger charge is -2.13. The van der Waals surface area contributed by atoms with Gasteiger partial charge in [-0.25, -0.2) is 9.97 Å². The molecule has 0 aliphatic carbocycles. The van der Waals surface area contributed by atoms with Gasteiger partial charge in [-0.3, -0.25) is 14.2 Å². The third-order valence-corrected chi connectivity index (χ3v) is 7.63. The van der Waals surface area contributed by atoms with Gasteiger partial charge in [-0.2, -0.15) is 11.3 Å². The topological polar surface area (TPSA) is 76.9 Å². The first kappa shape index (κ1) is 21.0. The highest BCUT2D eigenvalue weighted by Gasteiger charge is 2.23. The van der Waals surface area contributed by atoms with Gasteiger partial charge < -0.3 is 5.32 Å². The number of rotatable bonds is 6. The van der Waals surface area contributed by atoms with Crippen LogP contribution in [0.25, 0.3) is 16.8 Å². The van der Waals surface area contributed by atoms with Gasteiger partial charge in [0.25, 0.3) is 5.56 Å². The predicted octanol–water partition coefficient (Wildman–Crippen LogP) is 4.74. The van der Waals surface area contributed by atoms with E-state index in [0.717, 1.165) is 34.7 Å². The molecular formula is C23H18N4O2S3. The van der Waals surface area contributed by atoms with E-state index in [-0.39, 0.29) is 17.2 Å². The summed E-state index contributed by atoms with van der Waals surface area (Å²) in [6.45, 7) is 0. The fourth-order valence-corrected chi connectivity index (χ4v) is 5.89. The number of amides is 1.